The summed E-state index contributed by atoms with van der Waals surface area (Å²) in [5, 5.41) is 65.5. The van der Waals surface area contributed by atoms with E-state index in [0.29, 0.717) is 41.3 Å². The molecule has 0 radical (unpaired) electrons. The highest BCUT2D eigenvalue weighted by Gasteiger charge is 2.45. The number of carboxylic acid groups (broad SMARTS) is 3. The van der Waals surface area contributed by atoms with Gasteiger partial charge in [-0.3, -0.25) is 82.1 Å². The number of likely N-dealkylation sites (tertiary alicyclic amines) is 2. The molecule has 11 unspecified atom stereocenters. The fourth-order valence-electron chi connectivity index (χ4n) is 13.1. The van der Waals surface area contributed by atoms with Crippen molar-refractivity contribution in [1.82, 2.24) is 83.2 Å². The highest BCUT2D eigenvalue weighted by molar-refractivity contribution is 8.76. The second kappa shape index (κ2) is 44.4. The van der Waals surface area contributed by atoms with E-state index in [-0.39, 0.29) is 101 Å². The molecule has 0 spiro atoms. The topological polar surface area (TPSA) is 619 Å². The van der Waals surface area contributed by atoms with Crippen LogP contribution in [0.3, 0.4) is 0 Å². The van der Waals surface area contributed by atoms with E-state index in [9.17, 15) is 63.0 Å². The van der Waals surface area contributed by atoms with Crippen molar-refractivity contribution in [3.05, 3.63) is 102 Å². The van der Waals surface area contributed by atoms with E-state index in [0.717, 1.165) is 46.2 Å². The van der Waals surface area contributed by atoms with E-state index in [1.165, 1.54) is 22.3 Å². The molecule has 41 heteroatoms. The number of imidazole rings is 1. The number of nitrogens with one attached hydrogen (secondary N) is 14. The van der Waals surface area contributed by atoms with Crippen molar-refractivity contribution in [2.75, 3.05) is 44.2 Å². The standard InChI is InChI=1S/C71H94N20O17S2.C2H4O2/c1-38(92)81-53-35-109-110-36-54(69(107)91-26-10-18-56(91)70(108)90-25-9-17-55(90)68(106)85-46(15-6-7-23-72)62(100)86-49(60(73)98)31-59(96)97)82-57(93)34-79-61(99)51(29-42-32-78-45-14-5-4-13-44(42)45)88-63(101)47(16-8-24-77-71(74)75)83-65(103)50(28-39-19-20-40-11-2-3-12-41(40)27-39)87-66(104)52(30-43-33-76-37-80-43)89-64(102)48(84-67(53)105)21-22-58(94)95;1-2(3)4/h2-5,11-14,19-20,27,32-33,37,46-56,78H,6-10,15-18,21-26,28-31,34-36,72H2,1H3,(H2,73,98)(H,76,80)(H,79,99)(H,81,92)(H,82,93)(H,83,103)(H,84,105)(H,85,106)(H,86,100)(H,87,104)(H,88,101)(H,89,102)(H,94,95)(H,96,97)(H4,74,75,77);1H3,(H,3,4). The number of fused-ring (bicyclic) bond motifs is 2. The lowest BCUT2D eigenvalue weighted by Gasteiger charge is -2.33. The quantitative estimate of drug-likeness (QED) is 0.0110. The Labute approximate surface area is 661 Å². The number of nitrogens with zero attached hydrogens (tertiary/aromatic N) is 3. The summed E-state index contributed by atoms with van der Waals surface area (Å²) in [5.41, 5.74) is 18.7. The van der Waals surface area contributed by atoms with Gasteiger partial charge in [-0.15, -0.1) is 0 Å². The normalized spacial score (nSPS) is 21.6. The van der Waals surface area contributed by atoms with Crippen molar-refractivity contribution in [2.24, 2.45) is 17.2 Å². The number of carboxylic acids is 3. The number of hydrogen-bond acceptors (Lipinski definition) is 21. The number of primary amides is 1. The molecule has 3 fully saturated rings. The number of rotatable bonds is 27. The van der Waals surface area contributed by atoms with E-state index in [1.54, 1.807) is 54.7 Å². The smallest absolute Gasteiger partial charge is 0.305 e. The maximum Gasteiger partial charge on any atom is 0.305 e. The Morgan fingerprint density at radius 3 is 1.89 bits per heavy atom. The first-order valence-corrected chi connectivity index (χ1v) is 39.4. The third-order valence-electron chi connectivity index (χ3n) is 18.7. The highest BCUT2D eigenvalue weighted by Crippen LogP contribution is 2.29. The molecule has 2 aromatic heterocycles. The molecule has 0 aliphatic carbocycles. The predicted octanol–water partition coefficient (Wildman–Crippen LogP) is -2.74. The molecule has 39 nitrogen and oxygen atoms in total. The van der Waals surface area contributed by atoms with Crippen LogP contribution < -0.4 is 75.7 Å². The first kappa shape index (κ1) is 89.3. The van der Waals surface area contributed by atoms with Crippen LogP contribution in [0.1, 0.15) is 108 Å². The van der Waals surface area contributed by atoms with Gasteiger partial charge in [0.25, 0.3) is 5.97 Å². The maximum absolute atomic E-state index is 15.2. The minimum Gasteiger partial charge on any atom is -0.481 e. The molecule has 0 saturated carbocycles. The second-order valence-corrected chi connectivity index (χ2v) is 30.0. The van der Waals surface area contributed by atoms with Gasteiger partial charge in [-0.25, -0.2) is 4.98 Å². The molecule has 11 atom stereocenters. The number of para-hydroxylation sites is 1. The Morgan fingerprint density at radius 1 is 0.640 bits per heavy atom. The third-order valence-corrected chi connectivity index (χ3v) is 21.1. The molecule has 3 saturated heterocycles. The number of benzene rings is 3. The van der Waals surface area contributed by atoms with Crippen LogP contribution in [-0.2, 0) is 96.0 Å². The van der Waals surface area contributed by atoms with E-state index in [1.807, 2.05) is 18.2 Å². The van der Waals surface area contributed by atoms with Crippen molar-refractivity contribution in [3.8, 4) is 0 Å². The van der Waals surface area contributed by atoms with E-state index in [2.05, 4.69) is 73.4 Å². The van der Waals surface area contributed by atoms with Crippen molar-refractivity contribution in [2.45, 2.75) is 177 Å². The van der Waals surface area contributed by atoms with Gasteiger partial charge in [-0.05, 0) is 98.7 Å². The van der Waals surface area contributed by atoms with Crippen LogP contribution in [0.4, 0.5) is 0 Å². The number of aromatic amines is 2. The molecule has 3 aliphatic rings. The second-order valence-electron chi connectivity index (χ2n) is 27.4. The lowest BCUT2D eigenvalue weighted by molar-refractivity contribution is -0.148. The Kier molecular flexibility index (Phi) is 34.8. The van der Waals surface area contributed by atoms with Crippen molar-refractivity contribution >= 4 is 144 Å². The Balaban J connectivity index is 0.00000439. The molecule has 5 heterocycles. The highest BCUT2D eigenvalue weighted by atomic mass is 33.1. The minimum atomic E-state index is -1.71. The molecule has 8 rings (SSSR count). The molecule has 5 aromatic rings. The fraction of sp³-hybridized carbons (Fsp3) is 0.479. The summed E-state index contributed by atoms with van der Waals surface area (Å²) >= 11 is 0. The predicted molar refractivity (Wildman–Crippen MR) is 416 cm³/mol. The number of amides is 13. The number of H-pyrrole nitrogens is 2. The van der Waals surface area contributed by atoms with Gasteiger partial charge >= 0.3 is 11.9 Å². The van der Waals surface area contributed by atoms with Gasteiger partial charge in [-0.2, -0.15) is 0 Å². The third kappa shape index (κ3) is 27.8. The first-order valence-electron chi connectivity index (χ1n) is 36.9. The molecule has 616 valence electrons. The van der Waals surface area contributed by atoms with Gasteiger partial charge in [0.05, 0.1) is 25.0 Å². The summed E-state index contributed by atoms with van der Waals surface area (Å²) < 4.78 is 0. The number of nitrogens with two attached hydrogens (primary N) is 3. The summed E-state index contributed by atoms with van der Waals surface area (Å²) in [4.78, 5) is 232. The van der Waals surface area contributed by atoms with Gasteiger partial charge in [0, 0.05) is 94.0 Å². The van der Waals surface area contributed by atoms with Crippen LogP contribution in [0.15, 0.2) is 85.5 Å². The van der Waals surface area contributed by atoms with Crippen LogP contribution in [-0.4, -0.2) is 251 Å². The van der Waals surface area contributed by atoms with Crippen LogP contribution >= 0.6 is 21.6 Å². The average molecular weight is 1620 g/mol. The number of aromatic nitrogens is 3. The van der Waals surface area contributed by atoms with Gasteiger partial charge in [0.1, 0.15) is 66.5 Å². The number of unbranched alkanes of at least 4 members (excludes halogenated alkanes) is 1. The summed E-state index contributed by atoms with van der Waals surface area (Å²) in [6, 6.07) is 3.43. The zero-order chi connectivity index (χ0) is 83.1. The zero-order valence-corrected chi connectivity index (χ0v) is 64.4. The van der Waals surface area contributed by atoms with Gasteiger partial charge in [-0.1, -0.05) is 82.3 Å². The minimum absolute atomic E-state index is 0.000714. The van der Waals surface area contributed by atoms with Crippen molar-refractivity contribution in [1.29, 1.82) is 5.41 Å². The maximum atomic E-state index is 15.2. The number of carbonyl (C=O) groups is 16. The molecule has 3 aliphatic heterocycles. The molecule has 3 aromatic carbocycles. The number of aliphatic carboxylic acids is 3. The lowest BCUT2D eigenvalue weighted by Crippen LogP contribution is -2.61. The van der Waals surface area contributed by atoms with Crippen molar-refractivity contribution in [3.63, 3.8) is 0 Å². The van der Waals surface area contributed by atoms with Gasteiger partial charge in [0.2, 0.25) is 76.8 Å². The lowest BCUT2D eigenvalue weighted by atomic mass is 9.99. The summed E-state index contributed by atoms with van der Waals surface area (Å²) in [6.07, 6.45) is 2.89. The van der Waals surface area contributed by atoms with Crippen LogP contribution in [0, 0.1) is 5.41 Å². The largest absolute Gasteiger partial charge is 0.481 e. The van der Waals surface area contributed by atoms with E-state index < -0.39 is 193 Å². The van der Waals surface area contributed by atoms with E-state index in [4.69, 9.17) is 32.5 Å². The molecule has 0 bridgehead atoms. The Bertz CT molecular complexity index is 4300. The van der Waals surface area contributed by atoms with Crippen molar-refractivity contribution < 1.29 is 92.0 Å². The average Bonchev–Trinajstić information content (AvgIpc) is 1.63. The number of hydrogen-bond donors (Lipinski definition) is 20. The van der Waals surface area contributed by atoms with Crippen LogP contribution in [0.25, 0.3) is 21.7 Å². The molecule has 13 amide bonds. The number of carbonyl (C=O) groups excluding carboxylic acids is 13. The Hall–Kier alpha value is -11.9. The van der Waals surface area contributed by atoms with Crippen LogP contribution in [0.2, 0.25) is 0 Å². The number of guanidine groups is 1. The fourth-order valence-corrected chi connectivity index (χ4v) is 15.4. The molecular weight excluding hydrogens is 1530 g/mol. The summed E-state index contributed by atoms with van der Waals surface area (Å²) in [5.74, 6) is -16.4. The SMILES string of the molecule is CC(=O)NC1CSSCC(C(=O)N2CCCC2C(=O)N2CCCC2C(=O)NC(CCCCN)C(=O)NC(CC(=O)O)C(N)=O)NC(=O)CNC(=O)C(Cc2c[nH]c3ccccc23)NC(=O)C(CCCNC(=N)N)NC(=O)C(Cc2ccc3ccccc3c2)NC(=O)C(Cc2c[nH]cn2)NC(=O)C(CCC(=O)O)NC1=O.CC(=O)O. The van der Waals surface area contributed by atoms with Crippen LogP contribution in [0.5, 0.6) is 0 Å². The zero-order valence-electron chi connectivity index (χ0n) is 62.8. The molecule has 23 N–H and O–H groups in total. The van der Waals surface area contributed by atoms with Gasteiger partial charge in [0.15, 0.2) is 5.96 Å². The summed E-state index contributed by atoms with van der Waals surface area (Å²) in [6.45, 7) is 1.60. The molecular formula is C73H98N20O19S2. The van der Waals surface area contributed by atoms with E-state index >= 15 is 19.2 Å². The molecule has 114 heavy (non-hydrogen) atoms. The monoisotopic (exact) mass is 1620 g/mol. The Morgan fingerprint density at radius 2 is 1.25 bits per heavy atom. The first-order chi connectivity index (χ1) is 54.4. The summed E-state index contributed by atoms with van der Waals surface area (Å²) in [7, 11) is 1.84. The van der Waals surface area contributed by atoms with Gasteiger partial charge < -0.3 is 111 Å².